The number of hydrogen-bond acceptors (Lipinski definition) is 4. The summed E-state index contributed by atoms with van der Waals surface area (Å²) < 4.78 is 0. The van der Waals surface area contributed by atoms with Gasteiger partial charge in [-0.1, -0.05) is 48.5 Å². The van der Waals surface area contributed by atoms with Crippen molar-refractivity contribution in [1.29, 1.82) is 0 Å². The van der Waals surface area contributed by atoms with E-state index in [1.165, 1.54) is 17.3 Å². The number of aryl methyl sites for hydroxylation is 3. The number of anilines is 2. The molecular formula is C33H31N3O3S. The summed E-state index contributed by atoms with van der Waals surface area (Å²) in [5.74, 6) is -0.652. The number of thioether (sulfide) groups is 1. The van der Waals surface area contributed by atoms with Gasteiger partial charge in [0.15, 0.2) is 0 Å². The van der Waals surface area contributed by atoms with Gasteiger partial charge in [0.25, 0.3) is 11.8 Å². The molecule has 0 aliphatic carbocycles. The monoisotopic (exact) mass is 549 g/mol. The molecule has 0 saturated heterocycles. The summed E-state index contributed by atoms with van der Waals surface area (Å²) >= 11 is 1.41. The summed E-state index contributed by atoms with van der Waals surface area (Å²) in [4.78, 5) is 39.4. The molecule has 7 heteroatoms. The fraction of sp³-hybridized carbons (Fsp3) is 0.121. The Morgan fingerprint density at radius 3 is 2.08 bits per heavy atom. The summed E-state index contributed by atoms with van der Waals surface area (Å²) in [6.45, 7) is 5.99. The Morgan fingerprint density at radius 2 is 1.38 bits per heavy atom. The maximum Gasteiger partial charge on any atom is 0.272 e. The zero-order valence-corrected chi connectivity index (χ0v) is 23.5. The van der Waals surface area contributed by atoms with E-state index in [0.29, 0.717) is 11.3 Å². The molecule has 0 saturated carbocycles. The van der Waals surface area contributed by atoms with Crippen LogP contribution in [-0.2, 0) is 9.59 Å². The molecule has 0 heterocycles. The number of rotatable bonds is 9. The topological polar surface area (TPSA) is 87.3 Å². The summed E-state index contributed by atoms with van der Waals surface area (Å²) in [6.07, 6.45) is 1.67. The van der Waals surface area contributed by atoms with Crippen molar-refractivity contribution in [1.82, 2.24) is 5.32 Å². The predicted octanol–water partition coefficient (Wildman–Crippen LogP) is 6.75. The van der Waals surface area contributed by atoms with Crippen LogP contribution in [0.5, 0.6) is 0 Å². The van der Waals surface area contributed by atoms with Crippen molar-refractivity contribution in [2.45, 2.75) is 25.7 Å². The van der Waals surface area contributed by atoms with Gasteiger partial charge in [0, 0.05) is 21.8 Å². The number of hydrogen-bond donors (Lipinski definition) is 3. The van der Waals surface area contributed by atoms with Gasteiger partial charge >= 0.3 is 0 Å². The van der Waals surface area contributed by atoms with Crippen LogP contribution in [0.4, 0.5) is 11.4 Å². The summed E-state index contributed by atoms with van der Waals surface area (Å²) in [5.41, 5.74) is 6.03. The number of carbonyl (C=O) groups is 3. The molecule has 3 N–H and O–H groups in total. The highest BCUT2D eigenvalue weighted by atomic mass is 32.2. The molecule has 4 aromatic carbocycles. The number of benzene rings is 4. The molecule has 40 heavy (non-hydrogen) atoms. The van der Waals surface area contributed by atoms with Crippen LogP contribution < -0.4 is 16.0 Å². The Labute approximate surface area is 238 Å². The van der Waals surface area contributed by atoms with Gasteiger partial charge in [-0.25, -0.2) is 0 Å². The molecular weight excluding hydrogens is 518 g/mol. The van der Waals surface area contributed by atoms with Gasteiger partial charge in [-0.15, -0.1) is 11.8 Å². The van der Waals surface area contributed by atoms with Crippen molar-refractivity contribution < 1.29 is 14.4 Å². The third-order valence-electron chi connectivity index (χ3n) is 6.29. The molecule has 0 aromatic heterocycles. The first-order valence-electron chi connectivity index (χ1n) is 12.8. The Balaban J connectivity index is 1.40. The zero-order chi connectivity index (χ0) is 28.5. The predicted molar refractivity (Wildman–Crippen MR) is 163 cm³/mol. The summed E-state index contributed by atoms with van der Waals surface area (Å²) in [5, 5.41) is 8.55. The van der Waals surface area contributed by atoms with Crippen LogP contribution in [0.25, 0.3) is 6.08 Å². The molecule has 0 atom stereocenters. The normalized spacial score (nSPS) is 11.0. The smallest absolute Gasteiger partial charge is 0.272 e. The van der Waals surface area contributed by atoms with E-state index in [9.17, 15) is 14.4 Å². The average Bonchev–Trinajstić information content (AvgIpc) is 2.96. The Kier molecular flexibility index (Phi) is 9.54. The lowest BCUT2D eigenvalue weighted by Gasteiger charge is -2.12. The molecule has 0 aliphatic heterocycles. The largest absolute Gasteiger partial charge is 0.325 e. The van der Waals surface area contributed by atoms with Crippen LogP contribution in [0.1, 0.15) is 32.6 Å². The highest BCUT2D eigenvalue weighted by Gasteiger charge is 2.16. The first-order chi connectivity index (χ1) is 19.3. The van der Waals surface area contributed by atoms with E-state index in [1.54, 1.807) is 42.5 Å². The molecule has 0 aliphatic rings. The number of amides is 3. The Morgan fingerprint density at radius 1 is 0.700 bits per heavy atom. The second-order valence-electron chi connectivity index (χ2n) is 9.35. The molecule has 0 radical (unpaired) electrons. The van der Waals surface area contributed by atoms with Gasteiger partial charge in [-0.05, 0) is 97.6 Å². The highest BCUT2D eigenvalue weighted by Crippen LogP contribution is 2.22. The molecule has 4 aromatic rings. The standard InChI is InChI=1S/C33H31N3O3S/c1-22-13-14-28(19-24(22)3)34-31(37)21-40-29-17-15-27(16-18-29)35-33(39)30(20-26-12-8-7-9-23(26)2)36-32(38)25-10-5-4-6-11-25/h4-20H,21H2,1-3H3,(H,34,37)(H,35,39)(H,36,38)/b30-20-. The van der Waals surface area contributed by atoms with Crippen LogP contribution in [0, 0.1) is 20.8 Å². The maximum absolute atomic E-state index is 13.3. The van der Waals surface area contributed by atoms with Crippen LogP contribution in [0.2, 0.25) is 0 Å². The Bertz CT molecular complexity index is 1550. The SMILES string of the molecule is Cc1ccc(NC(=O)CSc2ccc(NC(=O)/C(=C/c3ccccc3C)NC(=O)c3ccccc3)cc2)cc1C. The van der Waals surface area contributed by atoms with Gasteiger partial charge in [0.2, 0.25) is 5.91 Å². The first kappa shape index (κ1) is 28.4. The van der Waals surface area contributed by atoms with E-state index in [1.807, 2.05) is 81.4 Å². The van der Waals surface area contributed by atoms with Crippen LogP contribution >= 0.6 is 11.8 Å². The lowest BCUT2D eigenvalue weighted by Crippen LogP contribution is -2.30. The molecule has 0 bridgehead atoms. The second kappa shape index (κ2) is 13.4. The number of carbonyl (C=O) groups excluding carboxylic acids is 3. The minimum absolute atomic E-state index is 0.0919. The summed E-state index contributed by atoms with van der Waals surface area (Å²) in [7, 11) is 0. The lowest BCUT2D eigenvalue weighted by molar-refractivity contribution is -0.114. The fourth-order valence-corrected chi connectivity index (χ4v) is 4.54. The molecule has 202 valence electrons. The van der Waals surface area contributed by atoms with E-state index >= 15 is 0 Å². The second-order valence-corrected chi connectivity index (χ2v) is 10.4. The van der Waals surface area contributed by atoms with Gasteiger partial charge in [0.1, 0.15) is 5.70 Å². The third kappa shape index (κ3) is 7.94. The third-order valence-corrected chi connectivity index (χ3v) is 7.30. The van der Waals surface area contributed by atoms with E-state index in [0.717, 1.165) is 27.3 Å². The fourth-order valence-electron chi connectivity index (χ4n) is 3.84. The summed E-state index contributed by atoms with van der Waals surface area (Å²) in [6, 6.07) is 29.4. The van der Waals surface area contributed by atoms with Crippen molar-refractivity contribution in [2.24, 2.45) is 0 Å². The lowest BCUT2D eigenvalue weighted by atomic mass is 10.1. The minimum Gasteiger partial charge on any atom is -0.325 e. The molecule has 0 fully saturated rings. The quantitative estimate of drug-likeness (QED) is 0.159. The van der Waals surface area contributed by atoms with Crippen molar-refractivity contribution in [3.8, 4) is 0 Å². The van der Waals surface area contributed by atoms with Crippen LogP contribution in [-0.4, -0.2) is 23.5 Å². The Hall–Kier alpha value is -4.62. The van der Waals surface area contributed by atoms with Gasteiger partial charge < -0.3 is 16.0 Å². The average molecular weight is 550 g/mol. The van der Waals surface area contributed by atoms with Crippen molar-refractivity contribution in [2.75, 3.05) is 16.4 Å². The van der Waals surface area contributed by atoms with Crippen molar-refractivity contribution in [3.05, 3.63) is 131 Å². The molecule has 6 nitrogen and oxygen atoms in total. The molecule has 0 spiro atoms. The van der Waals surface area contributed by atoms with Gasteiger partial charge in [-0.3, -0.25) is 14.4 Å². The van der Waals surface area contributed by atoms with Crippen LogP contribution in [0.15, 0.2) is 108 Å². The number of nitrogens with one attached hydrogen (secondary N) is 3. The van der Waals surface area contributed by atoms with E-state index in [2.05, 4.69) is 16.0 Å². The molecule has 4 rings (SSSR count). The first-order valence-corrected chi connectivity index (χ1v) is 13.8. The van der Waals surface area contributed by atoms with Crippen molar-refractivity contribution >= 4 is 46.9 Å². The molecule has 3 amide bonds. The van der Waals surface area contributed by atoms with E-state index in [4.69, 9.17) is 0 Å². The van der Waals surface area contributed by atoms with E-state index in [-0.39, 0.29) is 23.3 Å². The minimum atomic E-state index is -0.444. The van der Waals surface area contributed by atoms with Crippen LogP contribution in [0.3, 0.4) is 0 Å². The molecule has 0 unspecified atom stereocenters. The van der Waals surface area contributed by atoms with Crippen molar-refractivity contribution in [3.63, 3.8) is 0 Å². The maximum atomic E-state index is 13.3. The highest BCUT2D eigenvalue weighted by molar-refractivity contribution is 8.00. The zero-order valence-electron chi connectivity index (χ0n) is 22.7. The van der Waals surface area contributed by atoms with Gasteiger partial charge in [-0.2, -0.15) is 0 Å². The van der Waals surface area contributed by atoms with Gasteiger partial charge in [0.05, 0.1) is 5.75 Å². The van der Waals surface area contributed by atoms with E-state index < -0.39 is 5.91 Å².